The largest absolute Gasteiger partial charge is 0.446 e. The Kier molecular flexibility index (Phi) is 5.16. The number of nitrogens with zero attached hydrogens (tertiary/aromatic N) is 3. The number of ether oxygens (including phenoxy) is 1. The Bertz CT molecular complexity index is 806. The SMILES string of the molecule is CN(C(=O)O[C@H]1C[C@@H](c2cc(NC(=O)C(C)(C)C)[nH]n2)C1)c1ccccn1. The zero-order valence-electron chi connectivity index (χ0n) is 16.0. The van der Waals surface area contributed by atoms with E-state index in [0.717, 1.165) is 5.69 Å². The summed E-state index contributed by atoms with van der Waals surface area (Å²) in [7, 11) is 1.64. The third-order valence-corrected chi connectivity index (χ3v) is 4.57. The minimum absolute atomic E-state index is 0.0734. The standard InChI is InChI=1S/C19H25N5O3/c1-19(2,3)17(25)21-15-11-14(22-23-15)12-9-13(10-12)27-18(26)24(4)16-7-5-6-8-20-16/h5-8,11-13H,9-10H2,1-4H3,(H2,21,22,23,25)/t12-,13+. The summed E-state index contributed by atoms with van der Waals surface area (Å²) in [4.78, 5) is 29.8. The van der Waals surface area contributed by atoms with Gasteiger partial charge in [-0.15, -0.1) is 0 Å². The van der Waals surface area contributed by atoms with Crippen molar-refractivity contribution >= 4 is 23.6 Å². The molecule has 2 aromatic rings. The average molecular weight is 371 g/mol. The zero-order valence-corrected chi connectivity index (χ0v) is 16.0. The summed E-state index contributed by atoms with van der Waals surface area (Å²) in [6.07, 6.45) is 2.49. The number of nitrogens with one attached hydrogen (secondary N) is 2. The van der Waals surface area contributed by atoms with Gasteiger partial charge in [0.25, 0.3) is 0 Å². The van der Waals surface area contributed by atoms with Crippen LogP contribution in [0.15, 0.2) is 30.5 Å². The molecule has 1 aliphatic carbocycles. The van der Waals surface area contributed by atoms with Gasteiger partial charge in [-0.1, -0.05) is 26.8 Å². The molecule has 2 heterocycles. The Morgan fingerprint density at radius 3 is 2.67 bits per heavy atom. The molecule has 0 atom stereocenters. The lowest BCUT2D eigenvalue weighted by atomic mass is 9.80. The van der Waals surface area contributed by atoms with Crippen molar-refractivity contribution in [2.45, 2.75) is 45.6 Å². The number of anilines is 2. The molecule has 2 N–H and O–H groups in total. The van der Waals surface area contributed by atoms with E-state index in [2.05, 4.69) is 20.5 Å². The van der Waals surface area contributed by atoms with E-state index in [1.165, 1.54) is 4.90 Å². The summed E-state index contributed by atoms with van der Waals surface area (Å²) in [5.74, 6) is 1.26. The molecule has 0 aromatic carbocycles. The van der Waals surface area contributed by atoms with Gasteiger partial charge in [-0.2, -0.15) is 5.10 Å². The van der Waals surface area contributed by atoms with Crippen molar-refractivity contribution in [2.75, 3.05) is 17.3 Å². The number of H-pyrrole nitrogens is 1. The fourth-order valence-corrected chi connectivity index (χ4v) is 2.69. The molecular weight excluding hydrogens is 346 g/mol. The highest BCUT2D eigenvalue weighted by Gasteiger charge is 2.36. The van der Waals surface area contributed by atoms with Crippen LogP contribution in [0.3, 0.4) is 0 Å². The van der Waals surface area contributed by atoms with Gasteiger partial charge in [-0.3, -0.25) is 14.8 Å². The number of hydrogen-bond donors (Lipinski definition) is 2. The zero-order chi connectivity index (χ0) is 19.6. The normalized spacial score (nSPS) is 19.1. The number of pyridine rings is 1. The summed E-state index contributed by atoms with van der Waals surface area (Å²) in [6, 6.07) is 7.20. The highest BCUT2D eigenvalue weighted by Crippen LogP contribution is 2.38. The molecule has 8 nitrogen and oxygen atoms in total. The summed E-state index contributed by atoms with van der Waals surface area (Å²) in [5.41, 5.74) is 0.394. The van der Waals surface area contributed by atoms with Gasteiger partial charge in [-0.25, -0.2) is 9.78 Å². The quantitative estimate of drug-likeness (QED) is 0.859. The first-order chi connectivity index (χ1) is 12.7. The van der Waals surface area contributed by atoms with Crippen LogP contribution in [0.25, 0.3) is 0 Å². The van der Waals surface area contributed by atoms with Gasteiger partial charge in [0.1, 0.15) is 17.7 Å². The number of hydrogen-bond acceptors (Lipinski definition) is 5. The van der Waals surface area contributed by atoms with Crippen molar-refractivity contribution in [2.24, 2.45) is 5.41 Å². The van der Waals surface area contributed by atoms with Crippen molar-refractivity contribution in [3.05, 3.63) is 36.2 Å². The third kappa shape index (κ3) is 4.45. The maximum atomic E-state index is 12.2. The molecule has 3 rings (SSSR count). The van der Waals surface area contributed by atoms with Crippen LogP contribution >= 0.6 is 0 Å². The number of rotatable bonds is 4. The van der Waals surface area contributed by atoms with Crippen LogP contribution in [0.5, 0.6) is 0 Å². The first kappa shape index (κ1) is 18.9. The van der Waals surface area contributed by atoms with Gasteiger partial charge in [0.05, 0.1) is 5.69 Å². The molecule has 1 saturated carbocycles. The minimum atomic E-state index is -0.472. The second kappa shape index (κ2) is 7.38. The van der Waals surface area contributed by atoms with Crippen molar-refractivity contribution in [1.29, 1.82) is 0 Å². The smallest absolute Gasteiger partial charge is 0.415 e. The van der Waals surface area contributed by atoms with E-state index >= 15 is 0 Å². The Morgan fingerprint density at radius 1 is 1.30 bits per heavy atom. The van der Waals surface area contributed by atoms with Crippen LogP contribution in [0.4, 0.5) is 16.4 Å². The molecule has 27 heavy (non-hydrogen) atoms. The van der Waals surface area contributed by atoms with Gasteiger partial charge in [0.15, 0.2) is 0 Å². The second-order valence-electron chi connectivity index (χ2n) is 7.83. The van der Waals surface area contributed by atoms with E-state index in [-0.39, 0.29) is 17.9 Å². The maximum absolute atomic E-state index is 12.2. The molecule has 2 amide bonds. The molecule has 144 valence electrons. The monoisotopic (exact) mass is 371 g/mol. The highest BCUT2D eigenvalue weighted by molar-refractivity contribution is 5.93. The van der Waals surface area contributed by atoms with E-state index in [0.29, 0.717) is 24.5 Å². The van der Waals surface area contributed by atoms with E-state index in [9.17, 15) is 9.59 Å². The molecule has 0 aliphatic heterocycles. The molecule has 0 radical (unpaired) electrons. The van der Waals surface area contributed by atoms with Crippen molar-refractivity contribution in [3.63, 3.8) is 0 Å². The molecule has 0 bridgehead atoms. The van der Waals surface area contributed by atoms with Crippen LogP contribution < -0.4 is 10.2 Å². The lowest BCUT2D eigenvalue weighted by Crippen LogP contribution is -2.37. The predicted octanol–water partition coefficient (Wildman–Crippen LogP) is 3.31. The fourth-order valence-electron chi connectivity index (χ4n) is 2.69. The fraction of sp³-hybridized carbons (Fsp3) is 0.474. The number of carbonyl (C=O) groups is 2. The summed E-state index contributed by atoms with van der Waals surface area (Å²) < 4.78 is 5.51. The van der Waals surface area contributed by atoms with E-state index in [4.69, 9.17) is 4.74 Å². The van der Waals surface area contributed by atoms with E-state index in [1.54, 1.807) is 25.4 Å². The number of amides is 2. The lowest BCUT2D eigenvalue weighted by Gasteiger charge is -2.34. The third-order valence-electron chi connectivity index (χ3n) is 4.57. The molecule has 0 spiro atoms. The van der Waals surface area contributed by atoms with Crippen LogP contribution in [0.1, 0.15) is 45.2 Å². The molecule has 0 unspecified atom stereocenters. The van der Waals surface area contributed by atoms with E-state index in [1.807, 2.05) is 32.9 Å². The van der Waals surface area contributed by atoms with Crippen LogP contribution in [0, 0.1) is 5.41 Å². The van der Waals surface area contributed by atoms with Crippen LogP contribution in [0.2, 0.25) is 0 Å². The minimum Gasteiger partial charge on any atom is -0.446 e. The molecular formula is C19H25N5O3. The molecule has 1 aliphatic rings. The van der Waals surface area contributed by atoms with E-state index < -0.39 is 11.5 Å². The van der Waals surface area contributed by atoms with Crippen LogP contribution in [-0.2, 0) is 9.53 Å². The molecule has 8 heteroatoms. The van der Waals surface area contributed by atoms with Gasteiger partial charge in [0.2, 0.25) is 5.91 Å². The van der Waals surface area contributed by atoms with Crippen molar-refractivity contribution in [1.82, 2.24) is 15.2 Å². The summed E-state index contributed by atoms with van der Waals surface area (Å²) in [6.45, 7) is 5.56. The number of aromatic nitrogens is 3. The van der Waals surface area contributed by atoms with Gasteiger partial charge in [0, 0.05) is 30.6 Å². The lowest BCUT2D eigenvalue weighted by molar-refractivity contribution is -0.123. The topological polar surface area (TPSA) is 100 Å². The average Bonchev–Trinajstić information content (AvgIpc) is 3.04. The van der Waals surface area contributed by atoms with Crippen molar-refractivity contribution < 1.29 is 14.3 Å². The maximum Gasteiger partial charge on any atom is 0.415 e. The first-order valence-corrected chi connectivity index (χ1v) is 8.96. The van der Waals surface area contributed by atoms with Gasteiger partial charge in [-0.05, 0) is 25.0 Å². The highest BCUT2D eigenvalue weighted by atomic mass is 16.6. The van der Waals surface area contributed by atoms with Crippen LogP contribution in [-0.4, -0.2) is 40.3 Å². The molecule has 1 fully saturated rings. The first-order valence-electron chi connectivity index (χ1n) is 8.96. The Labute approximate surface area is 158 Å². The molecule has 0 saturated heterocycles. The Balaban J connectivity index is 1.48. The Hall–Kier alpha value is -2.90. The van der Waals surface area contributed by atoms with Gasteiger partial charge >= 0.3 is 6.09 Å². The summed E-state index contributed by atoms with van der Waals surface area (Å²) in [5, 5.41) is 9.94. The molecule has 2 aromatic heterocycles. The number of carbonyl (C=O) groups excluding carboxylic acids is 2. The van der Waals surface area contributed by atoms with Crippen molar-refractivity contribution in [3.8, 4) is 0 Å². The van der Waals surface area contributed by atoms with Gasteiger partial charge < -0.3 is 10.1 Å². The predicted molar refractivity (Wildman–Crippen MR) is 102 cm³/mol. The Morgan fingerprint density at radius 2 is 2.04 bits per heavy atom. The number of aromatic amines is 1. The second-order valence-corrected chi connectivity index (χ2v) is 7.83. The summed E-state index contributed by atoms with van der Waals surface area (Å²) >= 11 is 0.